The van der Waals surface area contributed by atoms with Crippen LogP contribution in [0.2, 0.25) is 0 Å². The van der Waals surface area contributed by atoms with E-state index in [0.717, 1.165) is 25.2 Å². The van der Waals surface area contributed by atoms with Crippen molar-refractivity contribution in [2.75, 3.05) is 36.9 Å². The molecule has 1 heterocycles. The van der Waals surface area contributed by atoms with Crippen LogP contribution < -0.4 is 11.1 Å². The lowest BCUT2D eigenvalue weighted by Crippen LogP contribution is -2.56. The smallest absolute Gasteiger partial charge is 0.251 e. The molecule has 23 heavy (non-hydrogen) atoms. The van der Waals surface area contributed by atoms with Crippen molar-refractivity contribution in [3.8, 4) is 0 Å². The van der Waals surface area contributed by atoms with Gasteiger partial charge in [0.1, 0.15) is 0 Å². The molecule has 2 fully saturated rings. The Kier molecular flexibility index (Phi) is 5.17. The first-order valence-corrected chi connectivity index (χ1v) is 9.73. The molecule has 1 aliphatic heterocycles. The number of hydrogen-bond acceptors (Lipinski definition) is 4. The van der Waals surface area contributed by atoms with Gasteiger partial charge in [0, 0.05) is 47.9 Å². The highest BCUT2D eigenvalue weighted by atomic mass is 32.2. The largest absolute Gasteiger partial charge is 0.399 e. The molecule has 1 amide bonds. The van der Waals surface area contributed by atoms with Crippen LogP contribution >= 0.6 is 11.8 Å². The van der Waals surface area contributed by atoms with E-state index in [4.69, 9.17) is 5.73 Å². The van der Waals surface area contributed by atoms with Crippen molar-refractivity contribution in [2.24, 2.45) is 0 Å². The SMILES string of the molecule is Cc1ccc(N)cc1C(=O)NCC1(N2CCSCC2)CCCC1. The minimum atomic E-state index is 0.00691. The van der Waals surface area contributed by atoms with Gasteiger partial charge in [-0.1, -0.05) is 18.9 Å². The number of aryl methyl sites for hydroxylation is 1. The number of carbonyl (C=O) groups is 1. The van der Waals surface area contributed by atoms with Gasteiger partial charge < -0.3 is 11.1 Å². The third-order valence-electron chi connectivity index (χ3n) is 5.30. The number of benzene rings is 1. The first-order valence-electron chi connectivity index (χ1n) is 8.58. The van der Waals surface area contributed by atoms with Crippen LogP contribution in [0.25, 0.3) is 0 Å². The lowest BCUT2D eigenvalue weighted by atomic mass is 9.94. The summed E-state index contributed by atoms with van der Waals surface area (Å²) in [4.78, 5) is 15.2. The molecule has 0 radical (unpaired) electrons. The summed E-state index contributed by atoms with van der Waals surface area (Å²) in [5.74, 6) is 2.43. The van der Waals surface area contributed by atoms with E-state index in [0.29, 0.717) is 11.3 Å². The van der Waals surface area contributed by atoms with Crippen LogP contribution in [0.15, 0.2) is 18.2 Å². The molecule has 5 heteroatoms. The summed E-state index contributed by atoms with van der Waals surface area (Å²) in [7, 11) is 0. The van der Waals surface area contributed by atoms with E-state index in [1.165, 1.54) is 37.2 Å². The van der Waals surface area contributed by atoms with Crippen molar-refractivity contribution in [3.05, 3.63) is 29.3 Å². The first-order chi connectivity index (χ1) is 11.1. The third kappa shape index (κ3) is 3.66. The van der Waals surface area contributed by atoms with Crippen molar-refractivity contribution in [2.45, 2.75) is 38.1 Å². The number of hydrogen-bond donors (Lipinski definition) is 2. The van der Waals surface area contributed by atoms with Gasteiger partial charge in [0.2, 0.25) is 0 Å². The normalized spacial score (nSPS) is 21.3. The highest BCUT2D eigenvalue weighted by Crippen LogP contribution is 2.36. The molecule has 1 aromatic carbocycles. The zero-order valence-electron chi connectivity index (χ0n) is 13.9. The monoisotopic (exact) mass is 333 g/mol. The summed E-state index contributed by atoms with van der Waals surface area (Å²) >= 11 is 2.04. The molecule has 1 aromatic rings. The predicted octanol–water partition coefficient (Wildman–Crippen LogP) is 2.67. The van der Waals surface area contributed by atoms with E-state index < -0.39 is 0 Å². The van der Waals surface area contributed by atoms with Crippen LogP contribution in [-0.4, -0.2) is 47.5 Å². The Labute approximate surface area is 143 Å². The van der Waals surface area contributed by atoms with E-state index in [1.807, 2.05) is 30.8 Å². The molecule has 1 aliphatic carbocycles. The second-order valence-electron chi connectivity index (χ2n) is 6.79. The van der Waals surface area contributed by atoms with Crippen LogP contribution in [0.1, 0.15) is 41.6 Å². The standard InChI is InChI=1S/C18H27N3OS/c1-14-4-5-15(19)12-16(14)17(22)20-13-18(6-2-3-7-18)21-8-10-23-11-9-21/h4-5,12H,2-3,6-11,13,19H2,1H3,(H,20,22). The molecule has 4 nitrogen and oxygen atoms in total. The quantitative estimate of drug-likeness (QED) is 0.832. The lowest BCUT2D eigenvalue weighted by molar-refractivity contribution is 0.0817. The molecule has 0 spiro atoms. The second kappa shape index (κ2) is 7.14. The van der Waals surface area contributed by atoms with Gasteiger partial charge >= 0.3 is 0 Å². The molecule has 2 aliphatic rings. The van der Waals surface area contributed by atoms with Gasteiger partial charge in [-0.15, -0.1) is 0 Å². The second-order valence-corrected chi connectivity index (χ2v) is 8.01. The molecule has 1 saturated carbocycles. The molecule has 3 rings (SSSR count). The number of nitrogens with two attached hydrogens (primary N) is 1. The summed E-state index contributed by atoms with van der Waals surface area (Å²) < 4.78 is 0. The fourth-order valence-electron chi connectivity index (χ4n) is 3.90. The Morgan fingerprint density at radius 1 is 1.30 bits per heavy atom. The zero-order valence-corrected chi connectivity index (χ0v) is 14.8. The molecule has 0 aromatic heterocycles. The summed E-state index contributed by atoms with van der Waals surface area (Å²) in [6.07, 6.45) is 4.95. The van der Waals surface area contributed by atoms with E-state index >= 15 is 0 Å². The predicted molar refractivity (Wildman–Crippen MR) is 98.0 cm³/mol. The number of thioether (sulfide) groups is 1. The maximum absolute atomic E-state index is 12.6. The third-order valence-corrected chi connectivity index (χ3v) is 6.24. The molecular formula is C18H27N3OS. The molecule has 126 valence electrons. The van der Waals surface area contributed by atoms with Gasteiger partial charge in [-0.25, -0.2) is 0 Å². The number of nitrogens with one attached hydrogen (secondary N) is 1. The topological polar surface area (TPSA) is 58.4 Å². The van der Waals surface area contributed by atoms with Crippen molar-refractivity contribution < 1.29 is 4.79 Å². The summed E-state index contributed by atoms with van der Waals surface area (Å²) in [5.41, 5.74) is 8.33. The number of rotatable bonds is 4. The van der Waals surface area contributed by atoms with Crippen molar-refractivity contribution in [3.63, 3.8) is 0 Å². The van der Waals surface area contributed by atoms with Gasteiger partial charge in [0.05, 0.1) is 0 Å². The van der Waals surface area contributed by atoms with Crippen LogP contribution in [0.4, 0.5) is 5.69 Å². The lowest BCUT2D eigenvalue weighted by Gasteiger charge is -2.43. The van der Waals surface area contributed by atoms with Gasteiger partial charge in [-0.3, -0.25) is 9.69 Å². The number of amides is 1. The molecular weight excluding hydrogens is 306 g/mol. The van der Waals surface area contributed by atoms with Gasteiger partial charge in [0.25, 0.3) is 5.91 Å². The van der Waals surface area contributed by atoms with Crippen LogP contribution in [-0.2, 0) is 0 Å². The van der Waals surface area contributed by atoms with Crippen molar-refractivity contribution >= 4 is 23.4 Å². The van der Waals surface area contributed by atoms with Crippen LogP contribution in [0, 0.1) is 6.92 Å². The van der Waals surface area contributed by atoms with E-state index in [-0.39, 0.29) is 11.4 Å². The Hall–Kier alpha value is -1.20. The van der Waals surface area contributed by atoms with Crippen molar-refractivity contribution in [1.82, 2.24) is 10.2 Å². The first kappa shape index (κ1) is 16.7. The van der Waals surface area contributed by atoms with Crippen LogP contribution in [0.3, 0.4) is 0 Å². The molecule has 0 bridgehead atoms. The fourth-order valence-corrected chi connectivity index (χ4v) is 4.80. The van der Waals surface area contributed by atoms with Crippen molar-refractivity contribution in [1.29, 1.82) is 0 Å². The van der Waals surface area contributed by atoms with Gasteiger partial charge in [0.15, 0.2) is 0 Å². The molecule has 3 N–H and O–H groups in total. The average molecular weight is 334 g/mol. The number of anilines is 1. The van der Waals surface area contributed by atoms with E-state index in [1.54, 1.807) is 6.07 Å². The Balaban J connectivity index is 1.69. The zero-order chi connectivity index (χ0) is 16.3. The van der Waals surface area contributed by atoms with E-state index in [2.05, 4.69) is 10.2 Å². The van der Waals surface area contributed by atoms with Gasteiger partial charge in [-0.2, -0.15) is 11.8 Å². The highest BCUT2D eigenvalue weighted by Gasteiger charge is 2.40. The number of carbonyl (C=O) groups excluding carboxylic acids is 1. The fraction of sp³-hybridized carbons (Fsp3) is 0.611. The average Bonchev–Trinajstić information content (AvgIpc) is 3.06. The van der Waals surface area contributed by atoms with E-state index in [9.17, 15) is 4.79 Å². The number of nitrogens with zero attached hydrogens (tertiary/aromatic N) is 1. The van der Waals surface area contributed by atoms with Gasteiger partial charge in [-0.05, 0) is 37.5 Å². The maximum atomic E-state index is 12.6. The maximum Gasteiger partial charge on any atom is 0.251 e. The molecule has 0 unspecified atom stereocenters. The number of nitrogen functional groups attached to an aromatic ring is 1. The summed E-state index contributed by atoms with van der Waals surface area (Å²) in [6, 6.07) is 5.54. The summed E-state index contributed by atoms with van der Waals surface area (Å²) in [5, 5.41) is 3.20. The Morgan fingerprint density at radius 2 is 2.00 bits per heavy atom. The summed E-state index contributed by atoms with van der Waals surface area (Å²) in [6.45, 7) is 5.02. The Morgan fingerprint density at radius 3 is 2.70 bits per heavy atom. The minimum absolute atomic E-state index is 0.00691. The molecule has 1 saturated heterocycles. The Bertz CT molecular complexity index is 563. The van der Waals surface area contributed by atoms with Crippen LogP contribution in [0.5, 0.6) is 0 Å². The highest BCUT2D eigenvalue weighted by molar-refractivity contribution is 7.99. The minimum Gasteiger partial charge on any atom is -0.399 e. The molecule has 0 atom stereocenters.